The Bertz CT molecular complexity index is 969. The molecule has 0 aliphatic rings. The number of hydrogen-bond acceptors (Lipinski definition) is 4. The minimum Gasteiger partial charge on any atom is -0.462 e. The predicted molar refractivity (Wildman–Crippen MR) is 124 cm³/mol. The Kier molecular flexibility index (Phi) is 8.20. The van der Waals surface area contributed by atoms with Gasteiger partial charge in [0.25, 0.3) is 0 Å². The molecule has 5 heteroatoms. The van der Waals surface area contributed by atoms with E-state index in [4.69, 9.17) is 9.47 Å². The van der Waals surface area contributed by atoms with Gasteiger partial charge in [-0.15, -0.1) is 5.54 Å². The van der Waals surface area contributed by atoms with E-state index in [2.05, 4.69) is 31.1 Å². The van der Waals surface area contributed by atoms with Crippen LogP contribution in [0.5, 0.6) is 0 Å². The van der Waals surface area contributed by atoms with E-state index in [1.54, 1.807) is 38.1 Å². The lowest BCUT2D eigenvalue weighted by Crippen LogP contribution is -2.16. The second-order valence-electron chi connectivity index (χ2n) is 7.70. The van der Waals surface area contributed by atoms with E-state index in [1.165, 1.54) is 0 Å². The molecule has 0 aromatic heterocycles. The molecular formula is C25H28O4Si. The van der Waals surface area contributed by atoms with Crippen LogP contribution in [0.4, 0.5) is 0 Å². The van der Waals surface area contributed by atoms with Crippen LogP contribution in [-0.4, -0.2) is 33.2 Å². The highest BCUT2D eigenvalue weighted by molar-refractivity contribution is 6.84. The van der Waals surface area contributed by atoms with Crippen LogP contribution in [0.25, 0.3) is 11.6 Å². The van der Waals surface area contributed by atoms with Crippen molar-refractivity contribution < 1.29 is 19.1 Å². The Hall–Kier alpha value is -3.10. The van der Waals surface area contributed by atoms with Crippen molar-refractivity contribution in [3.05, 3.63) is 70.8 Å². The molecule has 0 N–H and O–H groups in total. The van der Waals surface area contributed by atoms with Crippen LogP contribution in [0.2, 0.25) is 19.6 Å². The van der Waals surface area contributed by atoms with Crippen molar-refractivity contribution in [3.63, 3.8) is 0 Å². The van der Waals surface area contributed by atoms with Gasteiger partial charge in [-0.05, 0) is 55.3 Å². The summed E-state index contributed by atoms with van der Waals surface area (Å²) in [5.41, 5.74) is 7.13. The molecule has 4 nitrogen and oxygen atoms in total. The van der Waals surface area contributed by atoms with Crippen LogP contribution in [0, 0.1) is 11.5 Å². The summed E-state index contributed by atoms with van der Waals surface area (Å²) >= 11 is 0. The zero-order valence-corrected chi connectivity index (χ0v) is 19.2. The Morgan fingerprint density at radius 1 is 0.800 bits per heavy atom. The highest BCUT2D eigenvalue weighted by Crippen LogP contribution is 2.20. The Morgan fingerprint density at radius 3 is 1.67 bits per heavy atom. The lowest BCUT2D eigenvalue weighted by molar-refractivity contribution is 0.0516. The largest absolute Gasteiger partial charge is 0.462 e. The van der Waals surface area contributed by atoms with Crippen molar-refractivity contribution >= 4 is 31.7 Å². The van der Waals surface area contributed by atoms with Gasteiger partial charge in [-0.1, -0.05) is 49.8 Å². The second kappa shape index (κ2) is 10.6. The molecule has 0 saturated carbocycles. The van der Waals surface area contributed by atoms with Crippen molar-refractivity contribution in [1.82, 2.24) is 0 Å². The van der Waals surface area contributed by atoms with E-state index in [0.717, 1.165) is 16.7 Å². The molecule has 156 valence electrons. The Balaban J connectivity index is 2.39. The maximum Gasteiger partial charge on any atom is 0.338 e. The minimum atomic E-state index is -1.58. The highest BCUT2D eigenvalue weighted by atomic mass is 28.3. The molecule has 0 amide bonds. The van der Waals surface area contributed by atoms with Crippen LogP contribution >= 0.6 is 0 Å². The first kappa shape index (κ1) is 23.2. The van der Waals surface area contributed by atoms with Crippen LogP contribution in [0.15, 0.2) is 48.5 Å². The van der Waals surface area contributed by atoms with E-state index in [9.17, 15) is 9.59 Å². The maximum absolute atomic E-state index is 11.9. The van der Waals surface area contributed by atoms with Gasteiger partial charge in [0.1, 0.15) is 8.07 Å². The molecule has 0 saturated heterocycles. The van der Waals surface area contributed by atoms with Gasteiger partial charge in [-0.3, -0.25) is 0 Å². The summed E-state index contributed by atoms with van der Waals surface area (Å²) in [4.78, 5) is 23.8. The van der Waals surface area contributed by atoms with Crippen molar-refractivity contribution in [2.75, 3.05) is 13.2 Å². The highest BCUT2D eigenvalue weighted by Gasteiger charge is 2.10. The number of allylic oxidation sites excluding steroid dienone is 1. The predicted octanol–water partition coefficient (Wildman–Crippen LogP) is 5.46. The van der Waals surface area contributed by atoms with E-state index >= 15 is 0 Å². The average molecular weight is 421 g/mol. The van der Waals surface area contributed by atoms with E-state index in [1.807, 2.05) is 30.3 Å². The third-order valence-corrected chi connectivity index (χ3v) is 4.89. The molecule has 0 atom stereocenters. The number of rotatable bonds is 6. The van der Waals surface area contributed by atoms with Gasteiger partial charge in [0, 0.05) is 5.57 Å². The zero-order chi connectivity index (χ0) is 22.1. The average Bonchev–Trinajstić information content (AvgIpc) is 2.71. The van der Waals surface area contributed by atoms with E-state index in [-0.39, 0.29) is 11.9 Å². The van der Waals surface area contributed by atoms with Crippen molar-refractivity contribution in [3.8, 4) is 11.5 Å². The van der Waals surface area contributed by atoms with Gasteiger partial charge in [0.05, 0.1) is 24.3 Å². The standard InChI is InChI=1S/C25H28O4Si/c1-6-28-24(26)21-10-8-19(9-11-21)18-23(16-17-30(3,4)5)20-12-14-22(15-13-20)25(27)29-7-2/h8-15,18H,6-7H2,1-5H3/b23-18+. The van der Waals surface area contributed by atoms with Crippen LogP contribution in [0.3, 0.4) is 0 Å². The molecule has 0 fully saturated rings. The fraction of sp³-hybridized carbons (Fsp3) is 0.280. The van der Waals surface area contributed by atoms with Crippen molar-refractivity contribution in [2.24, 2.45) is 0 Å². The maximum atomic E-state index is 11.9. The Labute approximate surface area is 179 Å². The number of benzene rings is 2. The van der Waals surface area contributed by atoms with Crippen LogP contribution in [0.1, 0.15) is 45.7 Å². The molecule has 0 aliphatic carbocycles. The summed E-state index contributed by atoms with van der Waals surface area (Å²) in [5.74, 6) is 2.65. The lowest BCUT2D eigenvalue weighted by Gasteiger charge is -2.07. The number of ether oxygens (including phenoxy) is 2. The molecule has 0 radical (unpaired) electrons. The second-order valence-corrected chi connectivity index (χ2v) is 12.4. The quantitative estimate of drug-likeness (QED) is 0.269. The fourth-order valence-corrected chi connectivity index (χ4v) is 3.05. The molecule has 0 heterocycles. The number of carbonyl (C=O) groups is 2. The third kappa shape index (κ3) is 7.05. The molecule has 0 spiro atoms. The number of hydrogen-bond donors (Lipinski definition) is 0. The molecule has 30 heavy (non-hydrogen) atoms. The SMILES string of the molecule is CCOC(=O)c1ccc(/C=C(\C#C[Si](C)(C)C)c2ccc(C(=O)OCC)cc2)cc1. The summed E-state index contributed by atoms with van der Waals surface area (Å²) in [6.45, 7) is 10.8. The molecule has 2 rings (SSSR count). The molecule has 0 aliphatic heterocycles. The molecular weight excluding hydrogens is 392 g/mol. The summed E-state index contributed by atoms with van der Waals surface area (Å²) in [5, 5.41) is 0. The fourth-order valence-electron chi connectivity index (χ4n) is 2.54. The van der Waals surface area contributed by atoms with Crippen molar-refractivity contribution in [1.29, 1.82) is 0 Å². The Morgan fingerprint density at radius 2 is 1.23 bits per heavy atom. The number of carbonyl (C=O) groups excluding carboxylic acids is 2. The van der Waals surface area contributed by atoms with Crippen molar-refractivity contribution in [2.45, 2.75) is 33.5 Å². The van der Waals surface area contributed by atoms with Gasteiger partial charge in [0.2, 0.25) is 0 Å². The summed E-state index contributed by atoms with van der Waals surface area (Å²) < 4.78 is 10.1. The molecule has 0 unspecified atom stereocenters. The molecule has 2 aromatic rings. The van der Waals surface area contributed by atoms with Gasteiger partial charge >= 0.3 is 11.9 Å². The van der Waals surface area contributed by atoms with Crippen LogP contribution < -0.4 is 0 Å². The van der Waals surface area contributed by atoms with E-state index < -0.39 is 8.07 Å². The minimum absolute atomic E-state index is 0.332. The topological polar surface area (TPSA) is 52.6 Å². The summed E-state index contributed by atoms with van der Waals surface area (Å²) in [6, 6.07) is 14.5. The first-order valence-corrected chi connectivity index (χ1v) is 13.5. The first-order valence-electron chi connectivity index (χ1n) is 10.0. The molecule has 0 bridgehead atoms. The van der Waals surface area contributed by atoms with Gasteiger partial charge in [0.15, 0.2) is 0 Å². The van der Waals surface area contributed by atoms with Crippen LogP contribution in [-0.2, 0) is 9.47 Å². The monoisotopic (exact) mass is 420 g/mol. The molecule has 2 aromatic carbocycles. The van der Waals surface area contributed by atoms with Gasteiger partial charge in [-0.25, -0.2) is 9.59 Å². The first-order chi connectivity index (χ1) is 14.2. The summed E-state index contributed by atoms with van der Waals surface area (Å²) in [6.07, 6.45) is 1.99. The normalized spacial score (nSPS) is 11.3. The van der Waals surface area contributed by atoms with Gasteiger partial charge < -0.3 is 9.47 Å². The lowest BCUT2D eigenvalue weighted by atomic mass is 10.0. The number of esters is 2. The third-order valence-electron chi connectivity index (χ3n) is 4.01. The van der Waals surface area contributed by atoms with E-state index in [0.29, 0.717) is 24.3 Å². The summed E-state index contributed by atoms with van der Waals surface area (Å²) in [7, 11) is -1.58. The zero-order valence-electron chi connectivity index (χ0n) is 18.2. The van der Waals surface area contributed by atoms with Gasteiger partial charge in [-0.2, -0.15) is 0 Å². The smallest absolute Gasteiger partial charge is 0.338 e.